The number of fused-ring (bicyclic) bond motifs is 2. The third kappa shape index (κ3) is 2.86. The molecule has 3 atom stereocenters. The summed E-state index contributed by atoms with van der Waals surface area (Å²) in [6.45, 7) is 5.39. The fourth-order valence-corrected chi connectivity index (χ4v) is 4.73. The van der Waals surface area contributed by atoms with Gasteiger partial charge in [-0.15, -0.1) is 0 Å². The molecular weight excluding hydrogens is 280 g/mol. The highest BCUT2D eigenvalue weighted by atomic mass is 16.2. The molecule has 3 aliphatic rings. The number of amides is 2. The molecule has 6 nitrogen and oxygen atoms in total. The highest BCUT2D eigenvalue weighted by Gasteiger charge is 2.52. The molecule has 3 N–H and O–H groups in total. The van der Waals surface area contributed by atoms with Gasteiger partial charge in [-0.05, 0) is 38.5 Å². The van der Waals surface area contributed by atoms with Gasteiger partial charge in [0.05, 0.1) is 0 Å². The van der Waals surface area contributed by atoms with Crippen LogP contribution in [0.3, 0.4) is 0 Å². The summed E-state index contributed by atoms with van der Waals surface area (Å²) in [4.78, 5) is 28.0. The van der Waals surface area contributed by atoms with Crippen LogP contribution in [-0.2, 0) is 9.59 Å². The predicted octanol–water partition coefficient (Wildman–Crippen LogP) is 0.0692. The molecule has 6 heteroatoms. The summed E-state index contributed by atoms with van der Waals surface area (Å²) in [6, 6.07) is 0.815. The molecule has 0 saturated carbocycles. The number of primary amides is 1. The molecule has 0 radical (unpaired) electrons. The van der Waals surface area contributed by atoms with Gasteiger partial charge in [-0.1, -0.05) is 0 Å². The van der Waals surface area contributed by atoms with Crippen molar-refractivity contribution in [3.05, 3.63) is 0 Å². The van der Waals surface area contributed by atoms with E-state index < -0.39 is 0 Å². The fraction of sp³-hybridized carbons (Fsp3) is 0.875. The van der Waals surface area contributed by atoms with Crippen LogP contribution in [0, 0.1) is 0 Å². The lowest BCUT2D eigenvalue weighted by Crippen LogP contribution is -2.59. The summed E-state index contributed by atoms with van der Waals surface area (Å²) >= 11 is 0. The standard InChI is InChI=1S/C16H28N4O2/c1-12(21)18-13-5-8-19(11-13)9-10-20-14-3-2-6-16(20,7-4-14)15(17)22/h13-14H,2-11H2,1H3,(H2,17,22)(H,18,21)/t13?,14-,16+/m1/s1. The van der Waals surface area contributed by atoms with Crippen LogP contribution in [-0.4, -0.2) is 65.4 Å². The van der Waals surface area contributed by atoms with Crippen molar-refractivity contribution in [2.24, 2.45) is 5.73 Å². The smallest absolute Gasteiger partial charge is 0.237 e. The fourth-order valence-electron chi connectivity index (χ4n) is 4.73. The summed E-state index contributed by atoms with van der Waals surface area (Å²) in [7, 11) is 0. The minimum atomic E-state index is -0.375. The zero-order chi connectivity index (χ0) is 15.7. The molecule has 0 aromatic carbocycles. The van der Waals surface area contributed by atoms with Crippen molar-refractivity contribution in [2.45, 2.75) is 63.1 Å². The molecule has 2 amide bonds. The number of hydrogen-bond donors (Lipinski definition) is 2. The molecule has 3 saturated heterocycles. The van der Waals surface area contributed by atoms with Crippen LogP contribution in [0.4, 0.5) is 0 Å². The first kappa shape index (κ1) is 15.7. The molecule has 0 spiro atoms. The van der Waals surface area contributed by atoms with Gasteiger partial charge in [0, 0.05) is 45.2 Å². The maximum atomic E-state index is 12.0. The van der Waals surface area contributed by atoms with E-state index in [1.807, 2.05) is 0 Å². The van der Waals surface area contributed by atoms with Gasteiger partial charge in [-0.2, -0.15) is 0 Å². The van der Waals surface area contributed by atoms with Gasteiger partial charge >= 0.3 is 0 Å². The first-order valence-electron chi connectivity index (χ1n) is 8.57. The topological polar surface area (TPSA) is 78.7 Å². The van der Waals surface area contributed by atoms with Crippen molar-refractivity contribution >= 4 is 11.8 Å². The predicted molar refractivity (Wildman–Crippen MR) is 84.2 cm³/mol. The second-order valence-corrected chi connectivity index (χ2v) is 7.16. The van der Waals surface area contributed by atoms with E-state index in [0.29, 0.717) is 6.04 Å². The Hall–Kier alpha value is -1.14. The van der Waals surface area contributed by atoms with Crippen molar-refractivity contribution in [1.82, 2.24) is 15.1 Å². The number of likely N-dealkylation sites (tertiary alicyclic amines) is 1. The Balaban J connectivity index is 1.55. The average molecular weight is 308 g/mol. The highest BCUT2D eigenvalue weighted by Crippen LogP contribution is 2.43. The summed E-state index contributed by atoms with van der Waals surface area (Å²) in [5.74, 6) is -0.0825. The maximum Gasteiger partial charge on any atom is 0.237 e. The van der Waals surface area contributed by atoms with Crippen molar-refractivity contribution in [2.75, 3.05) is 26.2 Å². The molecule has 1 unspecified atom stereocenters. The van der Waals surface area contributed by atoms with E-state index in [0.717, 1.165) is 58.3 Å². The van der Waals surface area contributed by atoms with Crippen LogP contribution in [0.1, 0.15) is 45.4 Å². The number of nitrogens with zero attached hydrogens (tertiary/aromatic N) is 2. The summed E-state index contributed by atoms with van der Waals surface area (Å²) in [6.07, 6.45) is 6.30. The molecule has 3 rings (SSSR count). The number of rotatable bonds is 5. The lowest BCUT2D eigenvalue weighted by Gasteiger charge is -2.43. The van der Waals surface area contributed by atoms with Crippen LogP contribution in [0.25, 0.3) is 0 Å². The van der Waals surface area contributed by atoms with E-state index in [1.165, 1.54) is 6.42 Å². The van der Waals surface area contributed by atoms with Gasteiger partial charge in [-0.25, -0.2) is 0 Å². The monoisotopic (exact) mass is 308 g/mol. The quantitative estimate of drug-likeness (QED) is 0.753. The number of hydrogen-bond acceptors (Lipinski definition) is 4. The van der Waals surface area contributed by atoms with E-state index in [1.54, 1.807) is 6.92 Å². The number of carbonyl (C=O) groups is 2. The minimum absolute atomic E-state index is 0.0496. The van der Waals surface area contributed by atoms with E-state index in [-0.39, 0.29) is 23.4 Å². The molecule has 3 aliphatic heterocycles. The maximum absolute atomic E-state index is 12.0. The SMILES string of the molecule is CC(=O)NC1CCN(CCN2[C@@H]3CCC[C@@]2(C(N)=O)CC3)C1. The molecule has 0 aliphatic carbocycles. The molecule has 2 bridgehead atoms. The number of nitrogens with one attached hydrogen (secondary N) is 1. The van der Waals surface area contributed by atoms with Crippen LogP contribution < -0.4 is 11.1 Å². The lowest BCUT2D eigenvalue weighted by molar-refractivity contribution is -0.131. The van der Waals surface area contributed by atoms with E-state index in [9.17, 15) is 9.59 Å². The Morgan fingerprint density at radius 1 is 1.23 bits per heavy atom. The molecule has 22 heavy (non-hydrogen) atoms. The molecule has 3 heterocycles. The van der Waals surface area contributed by atoms with Crippen molar-refractivity contribution in [1.29, 1.82) is 0 Å². The summed E-state index contributed by atoms with van der Waals surface area (Å²) < 4.78 is 0. The van der Waals surface area contributed by atoms with Crippen LogP contribution in [0.5, 0.6) is 0 Å². The molecule has 124 valence electrons. The van der Waals surface area contributed by atoms with Gasteiger partial charge in [0.15, 0.2) is 0 Å². The normalized spacial score (nSPS) is 35.7. The van der Waals surface area contributed by atoms with Crippen LogP contribution in [0.15, 0.2) is 0 Å². The second-order valence-electron chi connectivity index (χ2n) is 7.16. The van der Waals surface area contributed by atoms with Crippen LogP contribution in [0.2, 0.25) is 0 Å². The first-order chi connectivity index (χ1) is 10.5. The van der Waals surface area contributed by atoms with Crippen LogP contribution >= 0.6 is 0 Å². The molecular formula is C16H28N4O2. The van der Waals surface area contributed by atoms with E-state index >= 15 is 0 Å². The van der Waals surface area contributed by atoms with Crippen molar-refractivity contribution in [3.63, 3.8) is 0 Å². The van der Waals surface area contributed by atoms with Gasteiger partial charge < -0.3 is 11.1 Å². The molecule has 0 aromatic heterocycles. The average Bonchev–Trinajstić information content (AvgIpc) is 2.96. The highest BCUT2D eigenvalue weighted by molar-refractivity contribution is 5.85. The largest absolute Gasteiger partial charge is 0.368 e. The Morgan fingerprint density at radius 2 is 2.05 bits per heavy atom. The minimum Gasteiger partial charge on any atom is -0.368 e. The van der Waals surface area contributed by atoms with E-state index in [2.05, 4.69) is 15.1 Å². The van der Waals surface area contributed by atoms with Crippen molar-refractivity contribution < 1.29 is 9.59 Å². The van der Waals surface area contributed by atoms with Gasteiger partial charge in [0.1, 0.15) is 5.54 Å². The lowest BCUT2D eigenvalue weighted by atomic mass is 9.87. The first-order valence-corrected chi connectivity index (χ1v) is 8.57. The van der Waals surface area contributed by atoms with Gasteiger partial charge in [0.2, 0.25) is 11.8 Å². The summed E-state index contributed by atoms with van der Waals surface area (Å²) in [5.41, 5.74) is 5.37. The Morgan fingerprint density at radius 3 is 2.77 bits per heavy atom. The molecule has 3 fully saturated rings. The van der Waals surface area contributed by atoms with Gasteiger partial charge in [0.25, 0.3) is 0 Å². The zero-order valence-corrected chi connectivity index (χ0v) is 13.5. The Labute approximate surface area is 132 Å². The number of carbonyl (C=O) groups excluding carboxylic acids is 2. The Kier molecular flexibility index (Phi) is 4.41. The number of piperidine rings is 1. The third-order valence-corrected chi connectivity index (χ3v) is 5.80. The number of nitrogens with two attached hydrogens (primary N) is 1. The van der Waals surface area contributed by atoms with Crippen molar-refractivity contribution in [3.8, 4) is 0 Å². The molecule has 0 aromatic rings. The Bertz CT molecular complexity index is 451. The second kappa shape index (κ2) is 6.16. The van der Waals surface area contributed by atoms with E-state index in [4.69, 9.17) is 5.73 Å². The third-order valence-electron chi connectivity index (χ3n) is 5.80. The summed E-state index contributed by atoms with van der Waals surface area (Å²) in [5, 5.41) is 3.00. The van der Waals surface area contributed by atoms with Gasteiger partial charge in [-0.3, -0.25) is 19.4 Å². The zero-order valence-electron chi connectivity index (χ0n) is 13.5.